The lowest BCUT2D eigenvalue weighted by Gasteiger charge is -2.04. The zero-order valence-electron chi connectivity index (χ0n) is 9.40. The number of rotatable bonds is 3. The number of carbonyl (C=O) groups excluding carboxylic acids is 2. The van der Waals surface area contributed by atoms with Gasteiger partial charge in [-0.05, 0) is 12.1 Å². The molecule has 0 aliphatic rings. The van der Waals surface area contributed by atoms with Crippen molar-refractivity contribution in [1.29, 1.82) is 0 Å². The maximum Gasteiger partial charge on any atom is 0.268 e. The molecule has 92 valence electrons. The molecule has 6 nitrogen and oxygen atoms in total. The molecular weight excluding hydrogens is 234 g/mol. The minimum atomic E-state index is -0.647. The van der Waals surface area contributed by atoms with Crippen LogP contribution in [0.3, 0.4) is 0 Å². The molecular formula is C12H11N3O3. The molecule has 0 saturated carbocycles. The summed E-state index contributed by atoms with van der Waals surface area (Å²) < 4.78 is 0. The Balaban J connectivity index is 2.37. The lowest BCUT2D eigenvalue weighted by molar-refractivity contribution is -0.117. The minimum Gasteiger partial charge on any atom is -0.368 e. The number of aromatic nitrogens is 1. The van der Waals surface area contributed by atoms with E-state index in [1.807, 2.05) is 0 Å². The SMILES string of the molecule is NC(=O)CNC(=O)c1cc(=O)c2ccccc2[nH]1. The first-order chi connectivity index (χ1) is 8.58. The van der Waals surface area contributed by atoms with Gasteiger partial charge in [0.25, 0.3) is 5.91 Å². The van der Waals surface area contributed by atoms with E-state index >= 15 is 0 Å². The number of hydrogen-bond acceptors (Lipinski definition) is 3. The standard InChI is InChI=1S/C12H11N3O3/c13-11(17)6-14-12(18)9-5-10(16)7-3-1-2-4-8(7)15-9/h1-5H,6H2,(H2,13,17)(H,14,18)(H,15,16). The molecule has 0 unspecified atom stereocenters. The lowest BCUT2D eigenvalue weighted by Crippen LogP contribution is -2.34. The fourth-order valence-corrected chi connectivity index (χ4v) is 1.58. The van der Waals surface area contributed by atoms with Crippen molar-refractivity contribution in [2.24, 2.45) is 5.73 Å². The summed E-state index contributed by atoms with van der Waals surface area (Å²) >= 11 is 0. The Hall–Kier alpha value is -2.63. The summed E-state index contributed by atoms with van der Waals surface area (Å²) in [5.41, 5.74) is 5.32. The number of nitrogens with two attached hydrogens (primary N) is 1. The van der Waals surface area contributed by atoms with Crippen LogP contribution < -0.4 is 16.5 Å². The van der Waals surface area contributed by atoms with Gasteiger partial charge in [-0.15, -0.1) is 0 Å². The van der Waals surface area contributed by atoms with Gasteiger partial charge < -0.3 is 16.0 Å². The van der Waals surface area contributed by atoms with Crippen molar-refractivity contribution < 1.29 is 9.59 Å². The Morgan fingerprint density at radius 1 is 1.28 bits per heavy atom. The van der Waals surface area contributed by atoms with Crippen molar-refractivity contribution >= 4 is 22.7 Å². The van der Waals surface area contributed by atoms with Crippen LogP contribution in [-0.4, -0.2) is 23.3 Å². The summed E-state index contributed by atoms with van der Waals surface area (Å²) in [4.78, 5) is 36.8. The number of aromatic amines is 1. The molecule has 0 radical (unpaired) electrons. The first kappa shape index (κ1) is 11.8. The topological polar surface area (TPSA) is 105 Å². The van der Waals surface area contributed by atoms with Gasteiger partial charge >= 0.3 is 0 Å². The monoisotopic (exact) mass is 245 g/mol. The zero-order chi connectivity index (χ0) is 13.1. The van der Waals surface area contributed by atoms with Gasteiger partial charge in [-0.3, -0.25) is 14.4 Å². The number of pyridine rings is 1. The summed E-state index contributed by atoms with van der Waals surface area (Å²) in [7, 11) is 0. The number of fused-ring (bicyclic) bond motifs is 1. The summed E-state index contributed by atoms with van der Waals surface area (Å²) in [6, 6.07) is 8.05. The fraction of sp³-hybridized carbons (Fsp3) is 0.0833. The largest absolute Gasteiger partial charge is 0.368 e. The molecule has 0 atom stereocenters. The smallest absolute Gasteiger partial charge is 0.268 e. The van der Waals surface area contributed by atoms with E-state index in [0.717, 1.165) is 0 Å². The second-order valence-electron chi connectivity index (χ2n) is 3.74. The normalized spacial score (nSPS) is 10.2. The molecule has 0 fully saturated rings. The first-order valence-electron chi connectivity index (χ1n) is 5.26. The summed E-state index contributed by atoms with van der Waals surface area (Å²) in [5, 5.41) is 2.81. The lowest BCUT2D eigenvalue weighted by atomic mass is 10.2. The Kier molecular flexibility index (Phi) is 3.09. The average molecular weight is 245 g/mol. The van der Waals surface area contributed by atoms with Crippen molar-refractivity contribution in [2.75, 3.05) is 6.54 Å². The third-order valence-electron chi connectivity index (χ3n) is 2.41. The van der Waals surface area contributed by atoms with Gasteiger partial charge in [0.2, 0.25) is 5.91 Å². The highest BCUT2D eigenvalue weighted by molar-refractivity contribution is 5.96. The average Bonchev–Trinajstić information content (AvgIpc) is 2.36. The van der Waals surface area contributed by atoms with Crippen molar-refractivity contribution in [3.8, 4) is 0 Å². The highest BCUT2D eigenvalue weighted by atomic mass is 16.2. The molecule has 0 bridgehead atoms. The number of primary amides is 1. The predicted octanol–water partition coefficient (Wildman–Crippen LogP) is -0.257. The molecule has 4 N–H and O–H groups in total. The Morgan fingerprint density at radius 2 is 2.00 bits per heavy atom. The highest BCUT2D eigenvalue weighted by Crippen LogP contribution is 2.06. The van der Waals surface area contributed by atoms with Gasteiger partial charge in [-0.1, -0.05) is 12.1 Å². The van der Waals surface area contributed by atoms with E-state index in [1.165, 1.54) is 6.07 Å². The van der Waals surface area contributed by atoms with Crippen LogP contribution in [0.1, 0.15) is 10.5 Å². The maximum absolute atomic E-state index is 11.8. The number of nitrogens with one attached hydrogen (secondary N) is 2. The Bertz CT molecular complexity index is 676. The summed E-state index contributed by atoms with van der Waals surface area (Å²) in [6.07, 6.45) is 0. The minimum absolute atomic E-state index is 0.0972. The van der Waals surface area contributed by atoms with Gasteiger partial charge in [0.15, 0.2) is 5.43 Å². The molecule has 18 heavy (non-hydrogen) atoms. The van der Waals surface area contributed by atoms with Gasteiger partial charge in [0, 0.05) is 17.0 Å². The van der Waals surface area contributed by atoms with Crippen LogP contribution in [0.15, 0.2) is 35.1 Å². The second-order valence-corrected chi connectivity index (χ2v) is 3.74. The van der Waals surface area contributed by atoms with Crippen molar-refractivity contribution in [3.63, 3.8) is 0 Å². The van der Waals surface area contributed by atoms with Crippen LogP contribution in [0, 0.1) is 0 Å². The third-order valence-corrected chi connectivity index (χ3v) is 2.41. The van der Waals surface area contributed by atoms with Gasteiger partial charge in [-0.2, -0.15) is 0 Å². The van der Waals surface area contributed by atoms with E-state index in [-0.39, 0.29) is 17.7 Å². The second kappa shape index (κ2) is 4.70. The molecule has 6 heteroatoms. The molecule has 0 aliphatic heterocycles. The molecule has 2 amide bonds. The summed E-state index contributed by atoms with van der Waals surface area (Å²) in [6.45, 7) is -0.270. The summed E-state index contributed by atoms with van der Waals surface area (Å²) in [5.74, 6) is -1.19. The van der Waals surface area contributed by atoms with Crippen molar-refractivity contribution in [2.45, 2.75) is 0 Å². The fourth-order valence-electron chi connectivity index (χ4n) is 1.58. The molecule has 1 heterocycles. The predicted molar refractivity (Wildman–Crippen MR) is 66.1 cm³/mol. The van der Waals surface area contributed by atoms with Crippen LogP contribution in [0.4, 0.5) is 0 Å². The van der Waals surface area contributed by atoms with Crippen LogP contribution in [0.5, 0.6) is 0 Å². The van der Waals surface area contributed by atoms with E-state index in [2.05, 4.69) is 10.3 Å². The van der Waals surface area contributed by atoms with E-state index in [0.29, 0.717) is 10.9 Å². The number of para-hydroxylation sites is 1. The van der Waals surface area contributed by atoms with Gasteiger partial charge in [0.1, 0.15) is 5.69 Å². The van der Waals surface area contributed by atoms with Crippen LogP contribution in [0.25, 0.3) is 10.9 Å². The maximum atomic E-state index is 11.8. The van der Waals surface area contributed by atoms with Crippen LogP contribution in [-0.2, 0) is 4.79 Å². The van der Waals surface area contributed by atoms with Gasteiger partial charge in [-0.25, -0.2) is 0 Å². The quantitative estimate of drug-likeness (QED) is 0.693. The number of H-pyrrole nitrogens is 1. The zero-order valence-corrected chi connectivity index (χ0v) is 9.40. The highest BCUT2D eigenvalue weighted by Gasteiger charge is 2.09. The van der Waals surface area contributed by atoms with E-state index in [9.17, 15) is 14.4 Å². The van der Waals surface area contributed by atoms with Gasteiger partial charge in [0.05, 0.1) is 6.54 Å². The molecule has 0 aliphatic carbocycles. The number of carbonyl (C=O) groups is 2. The number of benzene rings is 1. The third kappa shape index (κ3) is 2.37. The molecule has 0 saturated heterocycles. The van der Waals surface area contributed by atoms with E-state index in [4.69, 9.17) is 5.73 Å². The van der Waals surface area contributed by atoms with Crippen molar-refractivity contribution in [3.05, 3.63) is 46.2 Å². The number of amides is 2. The van der Waals surface area contributed by atoms with Crippen molar-refractivity contribution in [1.82, 2.24) is 10.3 Å². The molecule has 1 aromatic heterocycles. The first-order valence-corrected chi connectivity index (χ1v) is 5.26. The van der Waals surface area contributed by atoms with E-state index in [1.54, 1.807) is 24.3 Å². The van der Waals surface area contributed by atoms with Crippen LogP contribution in [0.2, 0.25) is 0 Å². The van der Waals surface area contributed by atoms with E-state index < -0.39 is 11.8 Å². The number of hydrogen-bond donors (Lipinski definition) is 3. The molecule has 2 rings (SSSR count). The Labute approximate surface area is 102 Å². The molecule has 0 spiro atoms. The van der Waals surface area contributed by atoms with Crippen LogP contribution >= 0.6 is 0 Å². The molecule has 1 aromatic carbocycles. The molecule has 2 aromatic rings. The Morgan fingerprint density at radius 3 is 2.72 bits per heavy atom.